The first-order valence-electron chi connectivity index (χ1n) is 22.0. The highest BCUT2D eigenvalue weighted by Crippen LogP contribution is 2.50. The van der Waals surface area contributed by atoms with Crippen molar-refractivity contribution in [1.82, 2.24) is 0 Å². The van der Waals surface area contributed by atoms with Crippen LogP contribution in [-0.4, -0.2) is 44.4 Å². The molecule has 0 bridgehead atoms. The second-order valence-corrected chi connectivity index (χ2v) is 15.8. The van der Waals surface area contributed by atoms with E-state index >= 15 is 0 Å². The number of ether oxygens (including phenoxy) is 2. The van der Waals surface area contributed by atoms with E-state index in [0.29, 0.717) is 30.9 Å². The van der Waals surface area contributed by atoms with Gasteiger partial charge in [0.2, 0.25) is 0 Å². The fourth-order valence-corrected chi connectivity index (χ4v) is 6.88. The summed E-state index contributed by atoms with van der Waals surface area (Å²) in [6, 6.07) is 16.8. The van der Waals surface area contributed by atoms with Crippen LogP contribution in [0.15, 0.2) is 95.0 Å². The van der Waals surface area contributed by atoms with Gasteiger partial charge in [-0.05, 0) is 73.9 Å². The summed E-state index contributed by atoms with van der Waals surface area (Å²) in [6.45, 7) is 0.635. The van der Waals surface area contributed by atoms with Gasteiger partial charge in [-0.15, -0.1) is 0 Å². The van der Waals surface area contributed by atoms with Crippen molar-refractivity contribution in [1.29, 1.82) is 0 Å². The van der Waals surface area contributed by atoms with Crippen LogP contribution in [0.4, 0.5) is 0 Å². The molecular weight excluding hydrogens is 796 g/mol. The molecule has 0 saturated carbocycles. The second kappa shape index (κ2) is 43.4. The Morgan fingerprint density at radius 1 is 0.557 bits per heavy atom. The molecule has 0 heterocycles. The molecule has 2 aromatic rings. The van der Waals surface area contributed by atoms with Crippen LogP contribution >= 0.6 is 7.75 Å². The quantitative estimate of drug-likeness (QED) is 0.0136. The first-order valence-corrected chi connectivity index (χ1v) is 23.5. The predicted octanol–water partition coefficient (Wildman–Crippen LogP) is 14.7. The second-order valence-electron chi connectivity index (χ2n) is 14.3. The molecular formula is C46H73N6O8P. The molecule has 0 aliphatic heterocycles. The third kappa shape index (κ3) is 39.2. The van der Waals surface area contributed by atoms with Crippen molar-refractivity contribution in [3.63, 3.8) is 0 Å². The summed E-state index contributed by atoms with van der Waals surface area (Å²) in [5.74, 6) is 0.426. The molecule has 0 amide bonds. The van der Waals surface area contributed by atoms with Crippen LogP contribution in [0.25, 0.3) is 20.9 Å². The van der Waals surface area contributed by atoms with Crippen LogP contribution in [0.5, 0.6) is 11.5 Å². The van der Waals surface area contributed by atoms with Gasteiger partial charge < -0.3 is 23.6 Å². The van der Waals surface area contributed by atoms with Gasteiger partial charge in [-0.25, -0.2) is 4.57 Å². The molecule has 0 aromatic heterocycles. The highest BCUT2D eigenvalue weighted by Gasteiger charge is 2.26. The number of aliphatic hydroxyl groups excluding tert-OH is 1. The van der Waals surface area contributed by atoms with E-state index in [4.69, 9.17) is 25.2 Å². The molecule has 2 aromatic carbocycles. The molecule has 2 rings (SSSR count). The molecule has 15 heteroatoms. The summed E-state index contributed by atoms with van der Waals surface area (Å²) >= 11 is 0. The van der Waals surface area contributed by atoms with Gasteiger partial charge in [0.05, 0.1) is 20.8 Å². The van der Waals surface area contributed by atoms with Crippen molar-refractivity contribution < 1.29 is 37.8 Å². The number of rotatable bonds is 34. The molecule has 61 heavy (non-hydrogen) atoms. The largest absolute Gasteiger partial charge is 0.525 e. The Bertz CT molecular complexity index is 1510. The van der Waals surface area contributed by atoms with Crippen LogP contribution in [-0.2, 0) is 23.6 Å². The molecule has 0 aliphatic carbocycles. The zero-order valence-corrected chi connectivity index (χ0v) is 37.8. The highest BCUT2D eigenvalue weighted by atomic mass is 31.2. The van der Waals surface area contributed by atoms with Gasteiger partial charge in [0.25, 0.3) is 0 Å². The van der Waals surface area contributed by atoms with E-state index in [-0.39, 0.29) is 18.5 Å². The van der Waals surface area contributed by atoms with E-state index < -0.39 is 7.75 Å². The topological polar surface area (TPSA) is 206 Å². The number of carbonyl (C=O) groups excluding carboxylic acids is 2. The minimum atomic E-state index is -3.95. The Morgan fingerprint density at radius 3 is 1.26 bits per heavy atom. The Balaban J connectivity index is 0.000000887. The van der Waals surface area contributed by atoms with E-state index in [2.05, 4.69) is 41.4 Å². The number of unbranched alkanes of at least 4 members (excludes halogenated alkanes) is 20. The van der Waals surface area contributed by atoms with E-state index in [1.165, 1.54) is 117 Å². The van der Waals surface area contributed by atoms with Crippen LogP contribution < -0.4 is 9.05 Å². The van der Waals surface area contributed by atoms with Crippen LogP contribution in [0.1, 0.15) is 154 Å². The molecule has 0 fully saturated rings. The van der Waals surface area contributed by atoms with E-state index in [0.717, 1.165) is 38.5 Å². The average molecular weight is 869 g/mol. The number of allylic oxidation sites excluding steroid dienone is 2. The molecule has 1 N–H and O–H groups in total. The molecule has 0 radical (unpaired) electrons. The van der Waals surface area contributed by atoms with Crippen molar-refractivity contribution in [3.05, 3.63) is 106 Å². The molecule has 340 valence electrons. The average Bonchev–Trinajstić information content (AvgIpc) is 3.27. The molecule has 0 saturated heterocycles. The number of hydrogen-bond donors (Lipinski definition) is 1. The lowest BCUT2D eigenvalue weighted by Crippen LogP contribution is -1.99. The third-order valence-corrected chi connectivity index (χ3v) is 10.4. The van der Waals surface area contributed by atoms with Crippen LogP contribution in [0.2, 0.25) is 0 Å². The predicted molar refractivity (Wildman–Crippen MR) is 245 cm³/mol. The molecule has 0 atom stereocenters. The summed E-state index contributed by atoms with van der Waals surface area (Å²) in [6.07, 6.45) is 36.1. The number of methoxy groups -OCH3 is 2. The number of benzene rings is 2. The number of aliphatic hydroxyl groups is 1. The van der Waals surface area contributed by atoms with E-state index in [1.54, 1.807) is 60.7 Å². The highest BCUT2D eigenvalue weighted by molar-refractivity contribution is 7.53. The smallest absolute Gasteiger partial charge is 0.469 e. The van der Waals surface area contributed by atoms with Crippen molar-refractivity contribution in [3.8, 4) is 11.5 Å². The fourth-order valence-electron chi connectivity index (χ4n) is 5.90. The van der Waals surface area contributed by atoms with Crippen molar-refractivity contribution in [2.24, 2.45) is 10.00 Å². The van der Waals surface area contributed by atoms with Gasteiger partial charge in [0, 0.05) is 34.1 Å². The number of carbonyl (C=O) groups is 2. The Kier molecular flexibility index (Phi) is 40.0. The Hall–Kier alpha value is -4.73. The first kappa shape index (κ1) is 56.3. The standard InChI is InChI=1S/C17H31N3O2.C17H32O3.C12H10N3O3P/c1-22-17(21)15-13-11-9-7-5-3-2-4-6-8-10-12-14-16-19-20-18;1-20-17(19)15-13-11-9-7-5-3-2-4-6-8-10-12-14-16-18;13-14-15-19(16,17-11-7-3-1-4-8-11)18-12-9-5-2-6-10-12/h12,14H,2-11,13,15-16H2,1H3;12,14,18H,2-11,13,15-16H2,1H3;1-10H/b2*14-12-;. The zero-order chi connectivity index (χ0) is 44.8. The van der Waals surface area contributed by atoms with Gasteiger partial charge in [0.1, 0.15) is 11.5 Å². The van der Waals surface area contributed by atoms with Gasteiger partial charge in [0.15, 0.2) is 0 Å². The number of azide groups is 2. The minimum absolute atomic E-state index is 0.0844. The Morgan fingerprint density at radius 2 is 0.918 bits per heavy atom. The lowest BCUT2D eigenvalue weighted by molar-refractivity contribution is -0.141. The van der Waals surface area contributed by atoms with E-state index in [9.17, 15) is 14.2 Å². The number of hydrogen-bond acceptors (Lipinski definition) is 9. The van der Waals surface area contributed by atoms with Gasteiger partial charge in [-0.1, -0.05) is 169 Å². The minimum Gasteiger partial charge on any atom is -0.469 e. The van der Waals surface area contributed by atoms with Gasteiger partial charge in [-0.3, -0.25) is 9.59 Å². The lowest BCUT2D eigenvalue weighted by Gasteiger charge is -2.14. The summed E-state index contributed by atoms with van der Waals surface area (Å²) in [5, 5.41) is 12.0. The summed E-state index contributed by atoms with van der Waals surface area (Å²) in [4.78, 5) is 30.2. The number of para-hydroxylation sites is 2. The maximum atomic E-state index is 12.3. The third-order valence-electron chi connectivity index (χ3n) is 9.23. The SMILES string of the molecule is COC(=O)CCCCCCCCCCCC/C=C\CN=[N+]=[N-].COC(=O)CCCCCCCCCCCC/C=C\CO.[N-]=[N+]=NP(=O)(Oc1ccccc1)Oc1ccccc1. The molecule has 0 spiro atoms. The van der Waals surface area contributed by atoms with Crippen molar-refractivity contribution in [2.75, 3.05) is 27.4 Å². The molecule has 14 nitrogen and oxygen atoms in total. The maximum Gasteiger partial charge on any atom is 0.525 e. The molecule has 0 aliphatic rings. The summed E-state index contributed by atoms with van der Waals surface area (Å²) < 4.78 is 31.8. The fraction of sp³-hybridized carbons (Fsp3) is 0.609. The number of esters is 2. The van der Waals surface area contributed by atoms with Crippen molar-refractivity contribution in [2.45, 2.75) is 154 Å². The normalized spacial score (nSPS) is 10.7. The zero-order valence-electron chi connectivity index (χ0n) is 36.9. The Labute approximate surface area is 365 Å². The molecule has 0 unspecified atom stereocenters. The maximum absolute atomic E-state index is 12.3. The number of nitrogens with zero attached hydrogens (tertiary/aromatic N) is 6. The van der Waals surface area contributed by atoms with Crippen LogP contribution in [0, 0.1) is 0 Å². The van der Waals surface area contributed by atoms with Gasteiger partial charge in [-0.2, -0.15) is 0 Å². The van der Waals surface area contributed by atoms with Crippen LogP contribution in [0.3, 0.4) is 0 Å². The van der Waals surface area contributed by atoms with Crippen molar-refractivity contribution >= 4 is 19.7 Å². The van der Waals surface area contributed by atoms with Gasteiger partial charge >= 0.3 is 19.7 Å². The summed E-state index contributed by atoms with van der Waals surface area (Å²) in [7, 11) is -1.06. The summed E-state index contributed by atoms with van der Waals surface area (Å²) in [5.41, 5.74) is 16.6. The first-order chi connectivity index (χ1) is 29.8. The van der Waals surface area contributed by atoms with E-state index in [1.807, 2.05) is 12.2 Å². The lowest BCUT2D eigenvalue weighted by atomic mass is 10.1. The monoisotopic (exact) mass is 869 g/mol.